The number of likely N-dealkylation sites (N-methyl/N-ethyl adjacent to an activating group) is 1. The molecular formula is C32H32FN3O4S. The second-order valence-electron chi connectivity index (χ2n) is 9.41. The van der Waals surface area contributed by atoms with Gasteiger partial charge in [-0.05, 0) is 54.4 Å². The van der Waals surface area contributed by atoms with Crippen LogP contribution in [0.15, 0.2) is 120 Å². The molecule has 2 amide bonds. The quantitative estimate of drug-likeness (QED) is 0.264. The SMILES string of the molecule is CCNC(=O)[C@H](Cc1ccccc1)N(Cc1ccc(F)cc1)C(=O)CN(c1ccccc1)S(=O)(=O)c1ccccc1. The summed E-state index contributed by atoms with van der Waals surface area (Å²) < 4.78 is 42.4. The number of halogens is 1. The highest BCUT2D eigenvalue weighted by Gasteiger charge is 2.34. The molecule has 0 saturated carbocycles. The second kappa shape index (κ2) is 13.7. The van der Waals surface area contributed by atoms with Gasteiger partial charge < -0.3 is 10.2 Å². The third-order valence-electron chi connectivity index (χ3n) is 6.54. The van der Waals surface area contributed by atoms with Gasteiger partial charge in [-0.3, -0.25) is 13.9 Å². The van der Waals surface area contributed by atoms with Crippen molar-refractivity contribution in [3.05, 3.63) is 132 Å². The molecule has 212 valence electrons. The van der Waals surface area contributed by atoms with Gasteiger partial charge in [0.1, 0.15) is 18.4 Å². The highest BCUT2D eigenvalue weighted by molar-refractivity contribution is 7.92. The van der Waals surface area contributed by atoms with Gasteiger partial charge >= 0.3 is 0 Å². The van der Waals surface area contributed by atoms with Gasteiger partial charge in [0.2, 0.25) is 11.8 Å². The third-order valence-corrected chi connectivity index (χ3v) is 8.33. The van der Waals surface area contributed by atoms with Crippen molar-refractivity contribution in [3.63, 3.8) is 0 Å². The van der Waals surface area contributed by atoms with E-state index in [2.05, 4.69) is 5.32 Å². The molecule has 0 radical (unpaired) electrons. The van der Waals surface area contributed by atoms with Gasteiger partial charge in [0.05, 0.1) is 10.6 Å². The summed E-state index contributed by atoms with van der Waals surface area (Å²) in [5.41, 5.74) is 1.74. The number of carbonyl (C=O) groups excluding carboxylic acids is 2. The Hall–Kier alpha value is -4.50. The summed E-state index contributed by atoms with van der Waals surface area (Å²) >= 11 is 0. The Kier molecular flexibility index (Phi) is 9.86. The molecule has 4 aromatic rings. The molecule has 0 aliphatic heterocycles. The molecule has 41 heavy (non-hydrogen) atoms. The maximum Gasteiger partial charge on any atom is 0.264 e. The van der Waals surface area contributed by atoms with E-state index in [1.165, 1.54) is 29.2 Å². The molecule has 0 spiro atoms. The van der Waals surface area contributed by atoms with E-state index in [1.807, 2.05) is 30.3 Å². The van der Waals surface area contributed by atoms with Crippen LogP contribution in [-0.2, 0) is 32.6 Å². The van der Waals surface area contributed by atoms with Crippen molar-refractivity contribution in [2.75, 3.05) is 17.4 Å². The number of para-hydroxylation sites is 1. The molecule has 0 fully saturated rings. The lowest BCUT2D eigenvalue weighted by atomic mass is 10.0. The van der Waals surface area contributed by atoms with Crippen LogP contribution < -0.4 is 9.62 Å². The lowest BCUT2D eigenvalue weighted by Crippen LogP contribution is -2.53. The summed E-state index contributed by atoms with van der Waals surface area (Å²) in [7, 11) is -4.14. The van der Waals surface area contributed by atoms with E-state index in [4.69, 9.17) is 0 Å². The van der Waals surface area contributed by atoms with E-state index < -0.39 is 34.3 Å². The van der Waals surface area contributed by atoms with Crippen LogP contribution >= 0.6 is 0 Å². The van der Waals surface area contributed by atoms with Gasteiger partial charge in [-0.1, -0.05) is 78.9 Å². The highest BCUT2D eigenvalue weighted by atomic mass is 32.2. The first-order valence-corrected chi connectivity index (χ1v) is 14.7. The standard InChI is InChI=1S/C32H32FN3O4S/c1-2-34-32(38)30(22-25-12-6-3-7-13-25)35(23-26-18-20-27(33)21-19-26)31(37)24-36(28-14-8-4-9-15-28)41(39,40)29-16-10-5-11-17-29/h3-21,30H,2,22-24H2,1H3,(H,34,38)/t30-/m0/s1. The average Bonchev–Trinajstić information content (AvgIpc) is 3.00. The van der Waals surface area contributed by atoms with E-state index in [1.54, 1.807) is 67.6 Å². The van der Waals surface area contributed by atoms with Crippen LogP contribution in [0.1, 0.15) is 18.1 Å². The van der Waals surface area contributed by atoms with E-state index in [-0.39, 0.29) is 23.8 Å². The Morgan fingerprint density at radius 3 is 1.93 bits per heavy atom. The minimum atomic E-state index is -4.14. The lowest BCUT2D eigenvalue weighted by Gasteiger charge is -2.33. The van der Waals surface area contributed by atoms with Crippen LogP contribution in [0.25, 0.3) is 0 Å². The first-order valence-electron chi connectivity index (χ1n) is 13.3. The maximum absolute atomic E-state index is 14.2. The van der Waals surface area contributed by atoms with Crippen LogP contribution in [0.2, 0.25) is 0 Å². The Morgan fingerprint density at radius 2 is 1.34 bits per heavy atom. The van der Waals surface area contributed by atoms with Crippen molar-refractivity contribution in [1.82, 2.24) is 10.2 Å². The van der Waals surface area contributed by atoms with Crippen molar-refractivity contribution in [3.8, 4) is 0 Å². The van der Waals surface area contributed by atoms with Crippen LogP contribution in [0.3, 0.4) is 0 Å². The Labute approximate surface area is 240 Å². The fourth-order valence-electron chi connectivity index (χ4n) is 4.48. The van der Waals surface area contributed by atoms with Crippen molar-refractivity contribution in [2.45, 2.75) is 30.8 Å². The fourth-order valence-corrected chi connectivity index (χ4v) is 5.91. The molecule has 0 aromatic heterocycles. The Balaban J connectivity index is 1.76. The largest absolute Gasteiger partial charge is 0.355 e. The summed E-state index contributed by atoms with van der Waals surface area (Å²) in [6.07, 6.45) is 0.205. The van der Waals surface area contributed by atoms with Gasteiger partial charge in [0.25, 0.3) is 10.0 Å². The van der Waals surface area contributed by atoms with E-state index in [0.717, 1.165) is 9.87 Å². The zero-order valence-corrected chi connectivity index (χ0v) is 23.5. The van der Waals surface area contributed by atoms with Gasteiger partial charge in [-0.15, -0.1) is 0 Å². The molecular weight excluding hydrogens is 541 g/mol. The molecule has 0 aliphatic carbocycles. The number of benzene rings is 4. The zero-order chi connectivity index (χ0) is 29.2. The number of rotatable bonds is 12. The predicted octanol–water partition coefficient (Wildman–Crippen LogP) is 4.80. The number of anilines is 1. The molecule has 0 unspecified atom stereocenters. The van der Waals surface area contributed by atoms with Crippen LogP contribution in [0.4, 0.5) is 10.1 Å². The van der Waals surface area contributed by atoms with Crippen molar-refractivity contribution < 1.29 is 22.4 Å². The molecule has 0 bridgehead atoms. The molecule has 4 rings (SSSR count). The zero-order valence-electron chi connectivity index (χ0n) is 22.7. The van der Waals surface area contributed by atoms with Gasteiger partial charge in [0.15, 0.2) is 0 Å². The number of nitrogens with zero attached hydrogens (tertiary/aromatic N) is 2. The maximum atomic E-state index is 14.2. The van der Waals surface area contributed by atoms with E-state index >= 15 is 0 Å². The first kappa shape index (κ1) is 29.5. The minimum absolute atomic E-state index is 0.0260. The molecule has 7 nitrogen and oxygen atoms in total. The minimum Gasteiger partial charge on any atom is -0.355 e. The van der Waals surface area contributed by atoms with Gasteiger partial charge in [-0.25, -0.2) is 12.8 Å². The smallest absolute Gasteiger partial charge is 0.264 e. The Bertz CT molecular complexity index is 1530. The number of amides is 2. The predicted molar refractivity (Wildman–Crippen MR) is 157 cm³/mol. The van der Waals surface area contributed by atoms with E-state index in [0.29, 0.717) is 17.8 Å². The topological polar surface area (TPSA) is 86.8 Å². The molecule has 1 atom stereocenters. The third kappa shape index (κ3) is 7.58. The molecule has 0 aliphatic rings. The van der Waals surface area contributed by atoms with Crippen LogP contribution in [-0.4, -0.2) is 44.3 Å². The fraction of sp³-hybridized carbons (Fsp3) is 0.188. The van der Waals surface area contributed by atoms with Crippen molar-refractivity contribution in [2.24, 2.45) is 0 Å². The monoisotopic (exact) mass is 573 g/mol. The number of carbonyl (C=O) groups is 2. The average molecular weight is 574 g/mol. The van der Waals surface area contributed by atoms with Gasteiger partial charge in [-0.2, -0.15) is 0 Å². The van der Waals surface area contributed by atoms with Gasteiger partial charge in [0, 0.05) is 19.5 Å². The number of nitrogens with one attached hydrogen (secondary N) is 1. The summed E-state index contributed by atoms with van der Waals surface area (Å²) in [6, 6.07) is 30.2. The summed E-state index contributed by atoms with van der Waals surface area (Å²) in [5.74, 6) is -1.38. The molecule has 9 heteroatoms. The van der Waals surface area contributed by atoms with E-state index in [9.17, 15) is 22.4 Å². The van der Waals surface area contributed by atoms with Crippen LogP contribution in [0.5, 0.6) is 0 Å². The van der Waals surface area contributed by atoms with Crippen LogP contribution in [0, 0.1) is 5.82 Å². The number of sulfonamides is 1. The molecule has 4 aromatic carbocycles. The molecule has 1 N–H and O–H groups in total. The Morgan fingerprint density at radius 1 is 0.780 bits per heavy atom. The van der Waals surface area contributed by atoms with Crippen molar-refractivity contribution in [1.29, 1.82) is 0 Å². The van der Waals surface area contributed by atoms with Crippen molar-refractivity contribution >= 4 is 27.5 Å². The second-order valence-corrected chi connectivity index (χ2v) is 11.3. The number of hydrogen-bond donors (Lipinski definition) is 1. The summed E-state index contributed by atoms with van der Waals surface area (Å²) in [5, 5.41) is 2.81. The first-order chi connectivity index (χ1) is 19.8. The lowest BCUT2D eigenvalue weighted by molar-refractivity contribution is -0.140. The normalized spacial score (nSPS) is 11.9. The summed E-state index contributed by atoms with van der Waals surface area (Å²) in [4.78, 5) is 29.0. The highest BCUT2D eigenvalue weighted by Crippen LogP contribution is 2.25. The molecule has 0 heterocycles. The molecule has 0 saturated heterocycles. The summed E-state index contributed by atoms with van der Waals surface area (Å²) in [6.45, 7) is 1.56. The number of hydrogen-bond acceptors (Lipinski definition) is 4.